The van der Waals surface area contributed by atoms with Gasteiger partial charge in [-0.3, -0.25) is 9.98 Å². The van der Waals surface area contributed by atoms with Crippen LogP contribution in [-0.2, 0) is 6.54 Å². The normalized spacial score (nSPS) is 14.5. The molecule has 1 aliphatic carbocycles. The molecule has 0 unspecified atom stereocenters. The number of benzene rings is 2. The minimum absolute atomic E-state index is 0.201. The van der Waals surface area contributed by atoms with Crippen molar-refractivity contribution in [3.05, 3.63) is 98.8 Å². The number of aromatic hydroxyl groups is 1. The van der Waals surface area contributed by atoms with Crippen LogP contribution in [-0.4, -0.2) is 35.7 Å². The molecule has 11 heteroatoms. The largest absolute Gasteiger partial charge is 0.493 e. The van der Waals surface area contributed by atoms with Crippen LogP contribution in [0.5, 0.6) is 5.88 Å². The van der Waals surface area contributed by atoms with Crippen molar-refractivity contribution in [3.63, 3.8) is 0 Å². The van der Waals surface area contributed by atoms with E-state index in [0.717, 1.165) is 18.4 Å². The number of rotatable bonds is 6. The van der Waals surface area contributed by atoms with Gasteiger partial charge in [0.2, 0.25) is 5.88 Å². The lowest BCUT2D eigenvalue weighted by Gasteiger charge is -2.12. The molecule has 2 aromatic carbocycles. The number of nitrogens with one attached hydrogen (secondary N) is 3. The van der Waals surface area contributed by atoms with Crippen molar-refractivity contribution in [1.29, 1.82) is 0 Å². The van der Waals surface area contributed by atoms with Crippen LogP contribution in [0, 0.1) is 11.6 Å². The molecular weight excluding hydrogens is 480 g/mol. The highest BCUT2D eigenvalue weighted by molar-refractivity contribution is 5.68. The Morgan fingerprint density at radius 2 is 1.97 bits per heavy atom. The second-order valence-corrected chi connectivity index (χ2v) is 8.85. The van der Waals surface area contributed by atoms with E-state index in [9.17, 15) is 18.7 Å². The summed E-state index contributed by atoms with van der Waals surface area (Å²) in [6, 6.07) is 12.4. The van der Waals surface area contributed by atoms with Gasteiger partial charge in [0.15, 0.2) is 11.1 Å². The summed E-state index contributed by atoms with van der Waals surface area (Å²) in [5.41, 5.74) is 2.63. The number of anilines is 1. The van der Waals surface area contributed by atoms with E-state index in [0.29, 0.717) is 33.3 Å². The number of hydrogen-bond donors (Lipinski definition) is 4. The maximum absolute atomic E-state index is 14.1. The first kappa shape index (κ1) is 22.7. The average Bonchev–Trinajstić information content (AvgIpc) is 3.51. The van der Waals surface area contributed by atoms with E-state index >= 15 is 0 Å². The molecule has 4 N–H and O–H groups in total. The molecule has 6 rings (SSSR count). The molecule has 0 amide bonds. The predicted octanol–water partition coefficient (Wildman–Crippen LogP) is 2.62. The molecule has 0 spiro atoms. The van der Waals surface area contributed by atoms with Crippen LogP contribution in [0.25, 0.3) is 22.9 Å². The van der Waals surface area contributed by atoms with Crippen LogP contribution in [0.15, 0.2) is 64.5 Å². The lowest BCUT2D eigenvalue weighted by molar-refractivity contribution is 0.454. The van der Waals surface area contributed by atoms with E-state index in [2.05, 4.69) is 25.4 Å². The predicted molar refractivity (Wildman–Crippen MR) is 133 cm³/mol. The zero-order chi connectivity index (χ0) is 25.5. The van der Waals surface area contributed by atoms with Gasteiger partial charge in [0, 0.05) is 17.8 Å². The molecule has 3 aromatic heterocycles. The fourth-order valence-corrected chi connectivity index (χ4v) is 4.10. The van der Waals surface area contributed by atoms with E-state index < -0.39 is 17.3 Å². The van der Waals surface area contributed by atoms with Crippen LogP contribution in [0.2, 0.25) is 0 Å². The van der Waals surface area contributed by atoms with Crippen molar-refractivity contribution in [1.82, 2.24) is 24.6 Å². The summed E-state index contributed by atoms with van der Waals surface area (Å²) in [6.07, 6.45) is 5.13. The van der Waals surface area contributed by atoms with E-state index in [1.165, 1.54) is 24.3 Å². The van der Waals surface area contributed by atoms with E-state index in [1.807, 2.05) is 0 Å². The van der Waals surface area contributed by atoms with Crippen molar-refractivity contribution < 1.29 is 13.9 Å². The summed E-state index contributed by atoms with van der Waals surface area (Å²) in [5.74, 6) is -0.608. The number of nitrogens with zero attached hydrogens (tertiary/aromatic N) is 4. The Kier molecular flexibility index (Phi) is 5.52. The molecule has 1 saturated carbocycles. The Morgan fingerprint density at radius 1 is 1.14 bits per heavy atom. The molecule has 186 valence electrons. The van der Waals surface area contributed by atoms with Gasteiger partial charge in [-0.05, 0) is 59.9 Å². The van der Waals surface area contributed by atoms with Gasteiger partial charge < -0.3 is 15.4 Å². The minimum atomic E-state index is -0.534. The van der Waals surface area contributed by atoms with Gasteiger partial charge in [-0.2, -0.15) is 9.61 Å². The van der Waals surface area contributed by atoms with Crippen LogP contribution in [0.1, 0.15) is 24.1 Å². The molecule has 0 aliphatic heterocycles. The number of fused-ring (bicyclic) bond motifs is 1. The second-order valence-electron chi connectivity index (χ2n) is 8.85. The Balaban J connectivity index is 1.41. The standard InChI is InChI=1S/C26H21F2N7O2/c27-17-3-1-2-14(8-17)20-10-18(28)5-4-15(20)12-29-22-11-23(31-19-6-7-19)35-24(33-22)16(13-30-35)9-21-25(36)34-26(37)32-21/h1-5,8-11,13,19,29,36H,6-7,12H2,(H2,32,34,37). The number of halogens is 2. The number of hydrogen-bond acceptors (Lipinski definition) is 6. The molecule has 5 aromatic rings. The third kappa shape index (κ3) is 4.70. The first-order valence-electron chi connectivity index (χ1n) is 11.7. The van der Waals surface area contributed by atoms with Crippen molar-refractivity contribution in [2.45, 2.75) is 25.4 Å². The quantitative estimate of drug-likeness (QED) is 0.285. The minimum Gasteiger partial charge on any atom is -0.493 e. The summed E-state index contributed by atoms with van der Waals surface area (Å²) in [5, 5.41) is 18.2. The number of imidazole rings is 1. The summed E-state index contributed by atoms with van der Waals surface area (Å²) < 4.78 is 29.5. The molecular formula is C26H21F2N7O2. The molecule has 1 aliphatic rings. The first-order valence-corrected chi connectivity index (χ1v) is 11.7. The Hall–Kier alpha value is -4.80. The molecule has 3 heterocycles. The number of aromatic amines is 2. The van der Waals surface area contributed by atoms with E-state index in [1.54, 1.807) is 41.1 Å². The Morgan fingerprint density at radius 3 is 2.73 bits per heavy atom. The molecule has 1 fully saturated rings. The first-order chi connectivity index (χ1) is 17.9. The van der Waals surface area contributed by atoms with Gasteiger partial charge in [0.25, 0.3) is 0 Å². The fraction of sp³-hybridized carbons (Fsp3) is 0.154. The molecule has 0 saturated heterocycles. The van der Waals surface area contributed by atoms with Crippen LogP contribution >= 0.6 is 0 Å². The zero-order valence-electron chi connectivity index (χ0n) is 19.4. The van der Waals surface area contributed by atoms with Gasteiger partial charge in [-0.25, -0.2) is 18.6 Å². The summed E-state index contributed by atoms with van der Waals surface area (Å²) in [4.78, 5) is 25.8. The number of aromatic nitrogens is 5. The molecule has 0 atom stereocenters. The van der Waals surface area contributed by atoms with Crippen molar-refractivity contribution in [3.8, 4) is 17.0 Å². The van der Waals surface area contributed by atoms with Crippen molar-refractivity contribution >= 4 is 17.5 Å². The van der Waals surface area contributed by atoms with E-state index in [-0.39, 0.29) is 24.2 Å². The lowest BCUT2D eigenvalue weighted by Crippen LogP contribution is -2.20. The summed E-state index contributed by atoms with van der Waals surface area (Å²) >= 11 is 0. The Labute approximate surface area is 207 Å². The summed E-state index contributed by atoms with van der Waals surface area (Å²) in [6.45, 7) is 0.289. The van der Waals surface area contributed by atoms with Crippen LogP contribution < -0.4 is 21.7 Å². The zero-order valence-corrected chi connectivity index (χ0v) is 19.4. The highest BCUT2D eigenvalue weighted by Gasteiger charge is 2.20. The van der Waals surface area contributed by atoms with Gasteiger partial charge in [0.05, 0.1) is 12.2 Å². The molecule has 0 radical (unpaired) electrons. The van der Waals surface area contributed by atoms with Gasteiger partial charge in [-0.1, -0.05) is 18.2 Å². The van der Waals surface area contributed by atoms with Crippen LogP contribution in [0.3, 0.4) is 0 Å². The van der Waals surface area contributed by atoms with Crippen LogP contribution in [0.4, 0.5) is 14.6 Å². The lowest BCUT2D eigenvalue weighted by atomic mass is 9.99. The topological polar surface area (TPSA) is 123 Å². The van der Waals surface area contributed by atoms with Gasteiger partial charge in [0.1, 0.15) is 23.1 Å². The maximum Gasteiger partial charge on any atom is 0.326 e. The van der Waals surface area contributed by atoms with Crippen molar-refractivity contribution in [2.75, 3.05) is 5.32 Å². The second kappa shape index (κ2) is 9.01. The highest BCUT2D eigenvalue weighted by atomic mass is 19.1. The molecule has 37 heavy (non-hydrogen) atoms. The SMILES string of the molecule is O=c1[nH]c(O)c(C=c2cnn3c(=NC4CC4)cc(NCc4ccc(F)cc4-c4cccc(F)c4)nc23)[nH]1. The number of H-pyrrole nitrogens is 2. The Bertz CT molecular complexity index is 1820. The third-order valence-corrected chi connectivity index (χ3v) is 6.04. The monoisotopic (exact) mass is 501 g/mol. The smallest absolute Gasteiger partial charge is 0.326 e. The van der Waals surface area contributed by atoms with Crippen molar-refractivity contribution in [2.24, 2.45) is 4.99 Å². The molecule has 9 nitrogen and oxygen atoms in total. The fourth-order valence-electron chi connectivity index (χ4n) is 4.10. The molecule has 0 bridgehead atoms. The third-order valence-electron chi connectivity index (χ3n) is 6.04. The van der Waals surface area contributed by atoms with Gasteiger partial charge >= 0.3 is 5.69 Å². The van der Waals surface area contributed by atoms with Gasteiger partial charge in [-0.15, -0.1) is 0 Å². The highest BCUT2D eigenvalue weighted by Crippen LogP contribution is 2.26. The maximum atomic E-state index is 14.1. The van der Waals surface area contributed by atoms with E-state index in [4.69, 9.17) is 4.99 Å². The average molecular weight is 501 g/mol. The summed E-state index contributed by atoms with van der Waals surface area (Å²) in [7, 11) is 0.